The Bertz CT molecular complexity index is 1190. The second-order valence-corrected chi connectivity index (χ2v) is 10.4. The molecule has 0 radical (unpaired) electrons. The van der Waals surface area contributed by atoms with Gasteiger partial charge in [-0.25, -0.2) is 13.2 Å². The molecule has 0 bridgehead atoms. The molecule has 0 aliphatic rings. The van der Waals surface area contributed by atoms with Gasteiger partial charge in [-0.15, -0.1) is 11.3 Å². The van der Waals surface area contributed by atoms with Crippen molar-refractivity contribution in [1.29, 1.82) is 0 Å². The van der Waals surface area contributed by atoms with E-state index in [0.717, 1.165) is 17.8 Å². The number of amides is 1. The minimum atomic E-state index is -3.67. The number of thiophene rings is 1. The molecule has 0 saturated carbocycles. The second kappa shape index (κ2) is 10.6. The van der Waals surface area contributed by atoms with Crippen molar-refractivity contribution in [3.8, 4) is 0 Å². The van der Waals surface area contributed by atoms with Crippen LogP contribution in [0.4, 0.5) is 11.4 Å². The van der Waals surface area contributed by atoms with Crippen LogP contribution < -0.4 is 10.0 Å². The molecule has 0 aliphatic heterocycles. The Balaban J connectivity index is 1.56. The van der Waals surface area contributed by atoms with E-state index in [2.05, 4.69) is 23.9 Å². The quantitative estimate of drug-likeness (QED) is 0.403. The van der Waals surface area contributed by atoms with Gasteiger partial charge in [-0.1, -0.05) is 32.0 Å². The van der Waals surface area contributed by atoms with E-state index in [1.807, 2.05) is 24.3 Å². The van der Waals surface area contributed by atoms with E-state index in [-0.39, 0.29) is 9.77 Å². The molecule has 9 heteroatoms. The molecule has 3 rings (SSSR count). The van der Waals surface area contributed by atoms with Gasteiger partial charge < -0.3 is 10.1 Å². The molecule has 0 aliphatic carbocycles. The predicted molar refractivity (Wildman–Crippen MR) is 130 cm³/mol. The zero-order valence-electron chi connectivity index (χ0n) is 18.6. The summed E-state index contributed by atoms with van der Waals surface area (Å²) in [6.07, 6.45) is 0.0175. The van der Waals surface area contributed by atoms with Crippen LogP contribution in [0.15, 0.2) is 70.3 Å². The summed E-state index contributed by atoms with van der Waals surface area (Å²) in [5.74, 6) is -0.690. The summed E-state index contributed by atoms with van der Waals surface area (Å²) >= 11 is 1.11. The van der Waals surface area contributed by atoms with E-state index in [4.69, 9.17) is 4.74 Å². The Kier molecular flexibility index (Phi) is 7.88. The van der Waals surface area contributed by atoms with Crippen molar-refractivity contribution >= 4 is 44.6 Å². The van der Waals surface area contributed by atoms with Crippen molar-refractivity contribution in [2.75, 3.05) is 10.0 Å². The van der Waals surface area contributed by atoms with Crippen LogP contribution in [0.25, 0.3) is 0 Å². The third kappa shape index (κ3) is 6.43. The molecule has 174 valence electrons. The number of carbonyl (C=O) groups is 2. The van der Waals surface area contributed by atoms with E-state index in [9.17, 15) is 18.0 Å². The Morgan fingerprint density at radius 3 is 2.18 bits per heavy atom. The van der Waals surface area contributed by atoms with Gasteiger partial charge in [0, 0.05) is 11.4 Å². The van der Waals surface area contributed by atoms with Crippen molar-refractivity contribution < 1.29 is 22.7 Å². The summed E-state index contributed by atoms with van der Waals surface area (Å²) in [6.45, 7) is 5.75. The van der Waals surface area contributed by atoms with Crippen molar-refractivity contribution in [1.82, 2.24) is 0 Å². The summed E-state index contributed by atoms with van der Waals surface area (Å²) < 4.78 is 32.5. The first-order valence-electron chi connectivity index (χ1n) is 10.5. The lowest BCUT2D eigenvalue weighted by Gasteiger charge is -2.15. The van der Waals surface area contributed by atoms with Crippen LogP contribution in [0.3, 0.4) is 0 Å². The maximum absolute atomic E-state index is 12.4. The van der Waals surface area contributed by atoms with Crippen LogP contribution in [-0.2, 0) is 19.6 Å². The third-order valence-electron chi connectivity index (χ3n) is 5.15. The van der Waals surface area contributed by atoms with Gasteiger partial charge in [0.05, 0.1) is 5.56 Å². The lowest BCUT2D eigenvalue weighted by Crippen LogP contribution is -2.30. The Hall–Kier alpha value is -3.17. The summed E-state index contributed by atoms with van der Waals surface area (Å²) in [5, 5.41) is 4.41. The molecular formula is C24H26N2O5S2. The molecule has 2 atom stereocenters. The normalized spacial score (nSPS) is 13.1. The summed E-state index contributed by atoms with van der Waals surface area (Å²) in [4.78, 5) is 24.8. The Morgan fingerprint density at radius 1 is 0.970 bits per heavy atom. The summed E-state index contributed by atoms with van der Waals surface area (Å²) in [5.41, 5.74) is 2.33. The Morgan fingerprint density at radius 2 is 1.61 bits per heavy atom. The molecule has 0 fully saturated rings. The fraction of sp³-hybridized carbons (Fsp3) is 0.250. The maximum atomic E-state index is 12.4. The highest BCUT2D eigenvalue weighted by Gasteiger charge is 2.20. The first kappa shape index (κ1) is 24.5. The maximum Gasteiger partial charge on any atom is 0.338 e. The molecule has 3 aromatic rings. The fourth-order valence-corrected chi connectivity index (χ4v) is 5.00. The molecule has 2 aromatic carbocycles. The largest absolute Gasteiger partial charge is 0.449 e. The van der Waals surface area contributed by atoms with Crippen LogP contribution >= 0.6 is 11.3 Å². The number of ether oxygens (including phenoxy) is 1. The molecular weight excluding hydrogens is 460 g/mol. The number of hydrogen-bond donors (Lipinski definition) is 2. The van der Waals surface area contributed by atoms with Crippen LogP contribution in [0.5, 0.6) is 0 Å². The monoisotopic (exact) mass is 486 g/mol. The summed E-state index contributed by atoms with van der Waals surface area (Å²) in [6, 6.07) is 16.5. The minimum absolute atomic E-state index is 0.195. The van der Waals surface area contributed by atoms with Crippen molar-refractivity contribution in [3.05, 3.63) is 77.2 Å². The highest BCUT2D eigenvalue weighted by Crippen LogP contribution is 2.22. The highest BCUT2D eigenvalue weighted by molar-refractivity contribution is 7.94. The molecule has 1 amide bonds. The van der Waals surface area contributed by atoms with Crippen molar-refractivity contribution in [2.24, 2.45) is 0 Å². The zero-order chi connectivity index (χ0) is 24.0. The van der Waals surface area contributed by atoms with Crippen LogP contribution in [0.1, 0.15) is 49.0 Å². The average Bonchev–Trinajstić information content (AvgIpc) is 3.35. The standard InChI is InChI=1S/C24H26N2O5S2/c1-4-16(2)18-7-11-20(12-8-18)25-23(27)17(3)31-24(28)19-9-13-21(14-10-19)26-33(29,30)22-6-5-15-32-22/h5-17,26H,4H2,1-3H3,(H,25,27)/t16-,17-/m0/s1. The van der Waals surface area contributed by atoms with E-state index in [1.54, 1.807) is 11.4 Å². The molecule has 33 heavy (non-hydrogen) atoms. The number of nitrogens with one attached hydrogen (secondary N) is 2. The van der Waals surface area contributed by atoms with Gasteiger partial charge in [0.15, 0.2) is 6.10 Å². The van der Waals surface area contributed by atoms with Gasteiger partial charge >= 0.3 is 5.97 Å². The molecule has 0 spiro atoms. The first-order valence-corrected chi connectivity index (χ1v) is 12.8. The summed E-state index contributed by atoms with van der Waals surface area (Å²) in [7, 11) is -3.67. The number of carbonyl (C=O) groups excluding carboxylic acids is 2. The van der Waals surface area contributed by atoms with Crippen LogP contribution in [-0.4, -0.2) is 26.4 Å². The predicted octanol–water partition coefficient (Wildman–Crippen LogP) is 5.25. The van der Waals surface area contributed by atoms with Crippen molar-refractivity contribution in [2.45, 2.75) is 43.4 Å². The third-order valence-corrected chi connectivity index (χ3v) is 7.92. The zero-order valence-corrected chi connectivity index (χ0v) is 20.2. The lowest BCUT2D eigenvalue weighted by molar-refractivity contribution is -0.123. The van der Waals surface area contributed by atoms with E-state index < -0.39 is 28.0 Å². The SMILES string of the molecule is CC[C@H](C)c1ccc(NC(=O)[C@H](C)OC(=O)c2ccc(NS(=O)(=O)c3cccs3)cc2)cc1. The number of sulfonamides is 1. The van der Waals surface area contributed by atoms with E-state index in [1.165, 1.54) is 42.8 Å². The Labute approximate surface area is 197 Å². The average molecular weight is 487 g/mol. The van der Waals surface area contributed by atoms with Gasteiger partial charge in [0.25, 0.3) is 15.9 Å². The number of hydrogen-bond acceptors (Lipinski definition) is 6. The van der Waals surface area contributed by atoms with Gasteiger partial charge in [-0.05, 0) is 72.7 Å². The molecule has 1 heterocycles. The van der Waals surface area contributed by atoms with Gasteiger partial charge in [0.1, 0.15) is 4.21 Å². The number of esters is 1. The van der Waals surface area contributed by atoms with E-state index >= 15 is 0 Å². The first-order chi connectivity index (χ1) is 15.7. The number of rotatable bonds is 9. The molecule has 7 nitrogen and oxygen atoms in total. The minimum Gasteiger partial charge on any atom is -0.449 e. The van der Waals surface area contributed by atoms with Gasteiger partial charge in [-0.2, -0.15) is 0 Å². The van der Waals surface area contributed by atoms with Crippen LogP contribution in [0.2, 0.25) is 0 Å². The molecule has 0 saturated heterocycles. The topological polar surface area (TPSA) is 102 Å². The lowest BCUT2D eigenvalue weighted by atomic mass is 9.99. The molecule has 0 unspecified atom stereocenters. The fourth-order valence-electron chi connectivity index (χ4n) is 2.95. The number of anilines is 2. The van der Waals surface area contributed by atoms with Gasteiger partial charge in [0.2, 0.25) is 0 Å². The van der Waals surface area contributed by atoms with Crippen molar-refractivity contribution in [3.63, 3.8) is 0 Å². The second-order valence-electron chi connectivity index (χ2n) is 7.58. The smallest absolute Gasteiger partial charge is 0.338 e. The number of benzene rings is 2. The van der Waals surface area contributed by atoms with Gasteiger partial charge in [-0.3, -0.25) is 9.52 Å². The van der Waals surface area contributed by atoms with Crippen LogP contribution in [0, 0.1) is 0 Å². The molecule has 1 aromatic heterocycles. The molecule has 2 N–H and O–H groups in total. The highest BCUT2D eigenvalue weighted by atomic mass is 32.2. The van der Waals surface area contributed by atoms with E-state index in [0.29, 0.717) is 17.3 Å².